The zero-order valence-electron chi connectivity index (χ0n) is 13.8. The van der Waals surface area contributed by atoms with E-state index < -0.39 is 40.8 Å². The number of carbonyl (C=O) groups is 2. The molecule has 1 saturated heterocycles. The number of rotatable bonds is 2. The van der Waals surface area contributed by atoms with E-state index in [4.69, 9.17) is 4.74 Å². The Kier molecular flexibility index (Phi) is 3.69. The van der Waals surface area contributed by atoms with E-state index in [1.165, 1.54) is 4.90 Å². The van der Waals surface area contributed by atoms with Crippen molar-refractivity contribution in [3.05, 3.63) is 47.3 Å². The summed E-state index contributed by atoms with van der Waals surface area (Å²) in [6.07, 6.45) is -4.65. The number of hydrogen-bond donors (Lipinski definition) is 2. The molecule has 2 N–H and O–H groups in total. The van der Waals surface area contributed by atoms with E-state index in [1.54, 1.807) is 29.4 Å². The largest absolute Gasteiger partial charge is 0.492 e. The number of nitrogens with zero attached hydrogens (tertiary/aromatic N) is 2. The minimum absolute atomic E-state index is 0.0553. The van der Waals surface area contributed by atoms with Crippen molar-refractivity contribution >= 4 is 11.9 Å². The summed E-state index contributed by atoms with van der Waals surface area (Å²) in [5, 5.41) is 15.1. The Morgan fingerprint density at radius 2 is 2.07 bits per heavy atom. The van der Waals surface area contributed by atoms with Crippen molar-refractivity contribution in [3.63, 3.8) is 0 Å². The third-order valence-electron chi connectivity index (χ3n) is 5.14. The van der Waals surface area contributed by atoms with Crippen molar-refractivity contribution in [3.8, 4) is 5.75 Å². The zero-order valence-corrected chi connectivity index (χ0v) is 13.8. The van der Waals surface area contributed by atoms with E-state index in [1.807, 2.05) is 0 Å². The molecular formula is C17H14F3N3O4. The summed E-state index contributed by atoms with van der Waals surface area (Å²) in [7, 11) is 0. The van der Waals surface area contributed by atoms with Crippen LogP contribution in [0.25, 0.3) is 0 Å². The quantitative estimate of drug-likeness (QED) is 0.831. The van der Waals surface area contributed by atoms with Crippen molar-refractivity contribution in [2.75, 3.05) is 19.7 Å². The summed E-state index contributed by atoms with van der Waals surface area (Å²) in [5.74, 6) is -1.85. The number of carboxylic acid groups (broad SMARTS) is 1. The van der Waals surface area contributed by atoms with Crippen molar-refractivity contribution < 1.29 is 32.6 Å². The second-order valence-corrected chi connectivity index (χ2v) is 6.69. The summed E-state index contributed by atoms with van der Waals surface area (Å²) < 4.78 is 43.8. The van der Waals surface area contributed by atoms with E-state index in [0.717, 1.165) is 0 Å². The number of alkyl halides is 3. The molecule has 7 nitrogen and oxygen atoms in total. The highest BCUT2D eigenvalue weighted by atomic mass is 19.4. The van der Waals surface area contributed by atoms with Gasteiger partial charge in [-0.1, -0.05) is 18.2 Å². The van der Waals surface area contributed by atoms with Crippen LogP contribution in [0.4, 0.5) is 13.2 Å². The Balaban J connectivity index is 1.66. The molecule has 2 atom stereocenters. The topological polar surface area (TPSA) is 95.5 Å². The number of aromatic amines is 1. The molecule has 1 aromatic carbocycles. The predicted molar refractivity (Wildman–Crippen MR) is 84.2 cm³/mol. The Bertz CT molecular complexity index is 926. The SMILES string of the molecule is O=C(c1cc(C(F)(F)F)[nH]n1)N1C[C@H]2c3ccccc3OC[C@@]2(C(=O)O)C1. The van der Waals surface area contributed by atoms with Crippen molar-refractivity contribution in [2.45, 2.75) is 12.1 Å². The molecule has 27 heavy (non-hydrogen) atoms. The van der Waals surface area contributed by atoms with E-state index in [-0.39, 0.29) is 19.7 Å². The molecule has 0 spiro atoms. The zero-order chi connectivity index (χ0) is 19.4. The Labute approximate surface area is 150 Å². The number of halogens is 3. The minimum atomic E-state index is -4.65. The molecular weight excluding hydrogens is 367 g/mol. The summed E-state index contributed by atoms with van der Waals surface area (Å²) >= 11 is 0. The number of H-pyrrole nitrogens is 1. The van der Waals surface area contributed by atoms with Gasteiger partial charge in [0.25, 0.3) is 5.91 Å². The van der Waals surface area contributed by atoms with E-state index in [0.29, 0.717) is 17.4 Å². The fraction of sp³-hybridized carbons (Fsp3) is 0.353. The highest BCUT2D eigenvalue weighted by Crippen LogP contribution is 2.49. The molecule has 4 rings (SSSR count). The first-order chi connectivity index (χ1) is 12.7. The number of nitrogens with one attached hydrogen (secondary N) is 1. The van der Waals surface area contributed by atoms with Gasteiger partial charge in [-0.2, -0.15) is 18.3 Å². The van der Waals surface area contributed by atoms with Crippen LogP contribution in [-0.2, 0) is 11.0 Å². The number of fused-ring (bicyclic) bond motifs is 3. The average molecular weight is 381 g/mol. The lowest BCUT2D eigenvalue weighted by molar-refractivity contribution is -0.151. The van der Waals surface area contributed by atoms with E-state index in [9.17, 15) is 27.9 Å². The van der Waals surface area contributed by atoms with Gasteiger partial charge in [-0.3, -0.25) is 14.7 Å². The molecule has 1 amide bonds. The van der Waals surface area contributed by atoms with Gasteiger partial charge in [0.05, 0.1) is 0 Å². The van der Waals surface area contributed by atoms with Crippen molar-refractivity contribution in [2.24, 2.45) is 5.41 Å². The van der Waals surface area contributed by atoms with E-state index >= 15 is 0 Å². The summed E-state index contributed by atoms with van der Waals surface area (Å²) in [6, 6.07) is 7.58. The fourth-order valence-corrected chi connectivity index (χ4v) is 3.73. The molecule has 2 aliphatic heterocycles. The molecule has 2 aromatic rings. The number of hydrogen-bond acceptors (Lipinski definition) is 4. The van der Waals surface area contributed by atoms with Gasteiger partial charge >= 0.3 is 12.1 Å². The maximum atomic E-state index is 12.7. The lowest BCUT2D eigenvalue weighted by atomic mass is 9.73. The van der Waals surface area contributed by atoms with E-state index in [2.05, 4.69) is 5.10 Å². The smallest absolute Gasteiger partial charge is 0.432 e. The first-order valence-corrected chi connectivity index (χ1v) is 8.09. The monoisotopic (exact) mass is 381 g/mol. The molecule has 0 unspecified atom stereocenters. The first-order valence-electron chi connectivity index (χ1n) is 8.09. The van der Waals surface area contributed by atoms with Gasteiger partial charge in [0.1, 0.15) is 23.5 Å². The van der Waals surface area contributed by atoms with Crippen LogP contribution < -0.4 is 4.74 Å². The Morgan fingerprint density at radius 3 is 2.74 bits per heavy atom. The van der Waals surface area contributed by atoms with Gasteiger partial charge in [-0.25, -0.2) is 0 Å². The number of para-hydroxylation sites is 1. The second kappa shape index (κ2) is 5.73. The molecule has 10 heteroatoms. The number of benzene rings is 1. The van der Waals surface area contributed by atoms with Gasteiger partial charge < -0.3 is 14.7 Å². The van der Waals surface area contributed by atoms with Crippen LogP contribution in [-0.4, -0.2) is 51.8 Å². The van der Waals surface area contributed by atoms with Crippen LogP contribution in [0, 0.1) is 5.41 Å². The number of carbonyl (C=O) groups excluding carboxylic acids is 1. The van der Waals surface area contributed by atoms with Crippen LogP contribution in [0.3, 0.4) is 0 Å². The molecule has 0 saturated carbocycles. The second-order valence-electron chi connectivity index (χ2n) is 6.69. The van der Waals surface area contributed by atoms with Crippen LogP contribution in [0.5, 0.6) is 5.75 Å². The lowest BCUT2D eigenvalue weighted by Gasteiger charge is -2.35. The Hall–Kier alpha value is -3.04. The molecule has 0 bridgehead atoms. The van der Waals surface area contributed by atoms with Gasteiger partial charge in [0.2, 0.25) is 0 Å². The minimum Gasteiger partial charge on any atom is -0.492 e. The molecule has 1 aromatic heterocycles. The number of likely N-dealkylation sites (tertiary alicyclic amines) is 1. The standard InChI is InChI=1S/C17H14F3N3O4/c18-17(19,20)13-5-11(21-22-13)14(24)23-6-10-9-3-1-2-4-12(9)27-8-16(10,7-23)15(25)26/h1-5,10H,6-8H2,(H,21,22)(H,25,26)/t10-,16-/m0/s1. The summed E-state index contributed by atoms with van der Waals surface area (Å²) in [5.41, 5.74) is -2.23. The number of amides is 1. The number of carboxylic acids is 1. The maximum absolute atomic E-state index is 12.7. The summed E-state index contributed by atoms with van der Waals surface area (Å²) in [4.78, 5) is 25.9. The number of ether oxygens (including phenoxy) is 1. The first kappa shape index (κ1) is 17.4. The highest BCUT2D eigenvalue weighted by Gasteiger charge is 2.57. The lowest BCUT2D eigenvalue weighted by Crippen LogP contribution is -2.46. The van der Waals surface area contributed by atoms with Gasteiger partial charge in [0.15, 0.2) is 5.69 Å². The Morgan fingerprint density at radius 1 is 1.33 bits per heavy atom. The third-order valence-corrected chi connectivity index (χ3v) is 5.14. The summed E-state index contributed by atoms with van der Waals surface area (Å²) in [6.45, 7) is -0.240. The normalized spacial score (nSPS) is 24.1. The van der Waals surface area contributed by atoms with Crippen molar-refractivity contribution in [1.29, 1.82) is 0 Å². The van der Waals surface area contributed by atoms with Gasteiger partial charge in [-0.15, -0.1) is 0 Å². The van der Waals surface area contributed by atoms with Crippen LogP contribution in [0.15, 0.2) is 30.3 Å². The van der Waals surface area contributed by atoms with Crippen LogP contribution >= 0.6 is 0 Å². The highest BCUT2D eigenvalue weighted by molar-refractivity contribution is 5.94. The molecule has 3 heterocycles. The van der Waals surface area contributed by atoms with Crippen molar-refractivity contribution in [1.82, 2.24) is 15.1 Å². The molecule has 0 aliphatic carbocycles. The molecule has 0 radical (unpaired) electrons. The number of aromatic nitrogens is 2. The van der Waals surface area contributed by atoms with Crippen LogP contribution in [0.2, 0.25) is 0 Å². The average Bonchev–Trinajstić information content (AvgIpc) is 3.26. The predicted octanol–water partition coefficient (Wildman–Crippen LogP) is 2.13. The molecule has 142 valence electrons. The molecule has 1 fully saturated rings. The maximum Gasteiger partial charge on any atom is 0.432 e. The van der Waals surface area contributed by atoms with Gasteiger partial charge in [0, 0.05) is 30.6 Å². The van der Waals surface area contributed by atoms with Gasteiger partial charge in [-0.05, 0) is 6.07 Å². The third kappa shape index (κ3) is 2.63. The van der Waals surface area contributed by atoms with Crippen LogP contribution in [0.1, 0.15) is 27.7 Å². The number of aliphatic carboxylic acids is 1. The molecule has 2 aliphatic rings. The fourth-order valence-electron chi connectivity index (χ4n) is 3.73.